The van der Waals surface area contributed by atoms with Crippen molar-refractivity contribution in [3.8, 4) is 0 Å². The number of hydrogen-bond acceptors (Lipinski definition) is 7. The third-order valence-corrected chi connectivity index (χ3v) is 5.32. The fourth-order valence-electron chi connectivity index (χ4n) is 3.35. The molecule has 2 atom stereocenters. The Hall–Kier alpha value is -3.20. The molecule has 2 aromatic carbocycles. The Morgan fingerprint density at radius 1 is 1.07 bits per heavy atom. The molecule has 0 aliphatic carbocycles. The standard InChI is InChI=1S/C20H16BrN5O3/c1-11-3-5-13(6-4-11)18(27)15-16(19(28)29-2)22-20-23-24-25-26(20)17(15)12-7-9-14(21)10-8-12/h3-10,15,17H,1-2H3. The quantitative estimate of drug-likeness (QED) is 0.444. The van der Waals surface area contributed by atoms with Gasteiger partial charge in [-0.05, 0) is 35.0 Å². The van der Waals surface area contributed by atoms with Crippen molar-refractivity contribution in [3.05, 3.63) is 69.7 Å². The van der Waals surface area contributed by atoms with E-state index in [1.165, 1.54) is 11.8 Å². The highest BCUT2D eigenvalue weighted by Gasteiger charge is 2.44. The summed E-state index contributed by atoms with van der Waals surface area (Å²) < 4.78 is 7.26. The largest absolute Gasteiger partial charge is 0.465 e. The normalized spacial score (nSPS) is 18.0. The Morgan fingerprint density at radius 3 is 2.41 bits per heavy atom. The van der Waals surface area contributed by atoms with Crippen molar-refractivity contribution < 1.29 is 14.3 Å². The summed E-state index contributed by atoms with van der Waals surface area (Å²) >= 11 is 3.42. The van der Waals surface area contributed by atoms with E-state index in [-0.39, 0.29) is 17.4 Å². The molecule has 9 heteroatoms. The van der Waals surface area contributed by atoms with Gasteiger partial charge in [-0.3, -0.25) is 4.79 Å². The summed E-state index contributed by atoms with van der Waals surface area (Å²) in [6, 6.07) is 14.0. The Balaban J connectivity index is 1.90. The summed E-state index contributed by atoms with van der Waals surface area (Å²) in [4.78, 5) is 30.3. The van der Waals surface area contributed by atoms with Gasteiger partial charge in [0.1, 0.15) is 5.71 Å². The van der Waals surface area contributed by atoms with Crippen LogP contribution in [0.3, 0.4) is 0 Å². The second kappa shape index (κ2) is 7.67. The van der Waals surface area contributed by atoms with Crippen LogP contribution in [-0.2, 0) is 9.53 Å². The number of Topliss-reactive ketones (excluding diaryl/α,β-unsaturated/α-hetero) is 1. The smallest absolute Gasteiger partial charge is 0.353 e. The highest BCUT2D eigenvalue weighted by Crippen LogP contribution is 2.37. The Kier molecular flexibility index (Phi) is 5.06. The molecule has 0 fully saturated rings. The maximum atomic E-state index is 13.5. The minimum Gasteiger partial charge on any atom is -0.465 e. The lowest BCUT2D eigenvalue weighted by molar-refractivity contribution is -0.133. The van der Waals surface area contributed by atoms with Crippen molar-refractivity contribution in [3.63, 3.8) is 0 Å². The molecule has 0 N–H and O–H groups in total. The summed E-state index contributed by atoms with van der Waals surface area (Å²) in [6.45, 7) is 1.94. The summed E-state index contributed by atoms with van der Waals surface area (Å²) in [7, 11) is 1.25. The lowest BCUT2D eigenvalue weighted by Gasteiger charge is -2.30. The van der Waals surface area contributed by atoms with Gasteiger partial charge in [-0.25, -0.2) is 14.5 Å². The molecule has 0 amide bonds. The minimum atomic E-state index is -0.942. The predicted octanol–water partition coefficient (Wildman–Crippen LogP) is 3.09. The maximum Gasteiger partial charge on any atom is 0.353 e. The number of aliphatic imine (C=N–C) groups is 1. The first-order valence-electron chi connectivity index (χ1n) is 8.80. The molecular formula is C20H16BrN5O3. The van der Waals surface area contributed by atoms with E-state index in [4.69, 9.17) is 4.74 Å². The SMILES string of the molecule is COC(=O)C1=Nc2nnnn2C(c2ccc(Br)cc2)C1C(=O)c1ccc(C)cc1. The summed E-state index contributed by atoms with van der Waals surface area (Å²) in [5, 5.41) is 11.6. The number of ether oxygens (including phenoxy) is 1. The van der Waals surface area contributed by atoms with Crippen LogP contribution in [0.2, 0.25) is 0 Å². The van der Waals surface area contributed by atoms with Gasteiger partial charge < -0.3 is 4.74 Å². The molecular weight excluding hydrogens is 438 g/mol. The number of benzene rings is 2. The van der Waals surface area contributed by atoms with Crippen molar-refractivity contribution in [2.24, 2.45) is 10.9 Å². The van der Waals surface area contributed by atoms with Gasteiger partial charge in [0, 0.05) is 10.0 Å². The second-order valence-corrected chi connectivity index (χ2v) is 7.53. The number of nitrogens with zero attached hydrogens (tertiary/aromatic N) is 5. The minimum absolute atomic E-state index is 0.0201. The number of aryl methyl sites for hydroxylation is 1. The van der Waals surface area contributed by atoms with Gasteiger partial charge in [0.05, 0.1) is 19.1 Å². The molecule has 1 aliphatic rings. The van der Waals surface area contributed by atoms with Crippen molar-refractivity contribution in [2.45, 2.75) is 13.0 Å². The van der Waals surface area contributed by atoms with Gasteiger partial charge in [0.25, 0.3) is 5.95 Å². The number of aromatic nitrogens is 4. The molecule has 0 saturated carbocycles. The number of esters is 1. The zero-order valence-corrected chi connectivity index (χ0v) is 17.2. The highest BCUT2D eigenvalue weighted by molar-refractivity contribution is 9.10. The molecule has 0 bridgehead atoms. The fraction of sp³-hybridized carbons (Fsp3) is 0.200. The summed E-state index contributed by atoms with van der Waals surface area (Å²) in [5.41, 5.74) is 2.24. The van der Waals surface area contributed by atoms with Crippen LogP contribution in [0.1, 0.15) is 27.5 Å². The molecule has 2 heterocycles. The number of fused-ring (bicyclic) bond motifs is 1. The number of hydrogen-bond donors (Lipinski definition) is 0. The van der Waals surface area contributed by atoms with Gasteiger partial charge in [-0.1, -0.05) is 63.0 Å². The van der Waals surface area contributed by atoms with Crippen LogP contribution < -0.4 is 0 Å². The first kappa shape index (κ1) is 19.1. The zero-order valence-electron chi connectivity index (χ0n) is 15.6. The van der Waals surface area contributed by atoms with Crippen molar-refractivity contribution in [1.29, 1.82) is 0 Å². The van der Waals surface area contributed by atoms with Crippen molar-refractivity contribution in [1.82, 2.24) is 20.2 Å². The topological polar surface area (TPSA) is 99.3 Å². The molecule has 0 saturated heterocycles. The first-order chi connectivity index (χ1) is 14.0. The third-order valence-electron chi connectivity index (χ3n) is 4.79. The highest BCUT2D eigenvalue weighted by atomic mass is 79.9. The Morgan fingerprint density at radius 2 is 1.76 bits per heavy atom. The molecule has 0 radical (unpaired) electrons. The van der Waals surface area contributed by atoms with E-state index in [0.29, 0.717) is 5.56 Å². The number of carbonyl (C=O) groups is 2. The molecule has 146 valence electrons. The number of halogens is 1. The molecule has 1 aromatic heterocycles. The first-order valence-corrected chi connectivity index (χ1v) is 9.60. The second-order valence-electron chi connectivity index (χ2n) is 6.62. The van der Waals surface area contributed by atoms with Crippen molar-refractivity contribution >= 4 is 39.3 Å². The van der Waals surface area contributed by atoms with Crippen LogP contribution in [0, 0.1) is 12.8 Å². The van der Waals surface area contributed by atoms with Gasteiger partial charge in [-0.15, -0.1) is 0 Å². The van der Waals surface area contributed by atoms with Gasteiger partial charge in [0.2, 0.25) is 0 Å². The number of ketones is 1. The molecule has 29 heavy (non-hydrogen) atoms. The van der Waals surface area contributed by atoms with Gasteiger partial charge >= 0.3 is 5.97 Å². The summed E-state index contributed by atoms with van der Waals surface area (Å²) in [6.07, 6.45) is 0. The van der Waals surface area contributed by atoms with Crippen LogP contribution in [0.5, 0.6) is 0 Å². The molecule has 8 nitrogen and oxygen atoms in total. The van der Waals surface area contributed by atoms with Gasteiger partial charge in [-0.2, -0.15) is 0 Å². The van der Waals surface area contributed by atoms with E-state index in [1.807, 2.05) is 43.3 Å². The predicted molar refractivity (Wildman–Crippen MR) is 108 cm³/mol. The number of methoxy groups -OCH3 is 1. The number of rotatable bonds is 4. The lowest BCUT2D eigenvalue weighted by atomic mass is 9.82. The molecule has 2 unspecified atom stereocenters. The van der Waals surface area contributed by atoms with E-state index in [0.717, 1.165) is 15.6 Å². The maximum absolute atomic E-state index is 13.5. The van der Waals surface area contributed by atoms with Crippen LogP contribution in [0.15, 0.2) is 58.0 Å². The third kappa shape index (κ3) is 3.49. The van der Waals surface area contributed by atoms with Crippen LogP contribution in [0.25, 0.3) is 0 Å². The number of tetrazole rings is 1. The van der Waals surface area contributed by atoms with E-state index < -0.39 is 17.9 Å². The molecule has 4 rings (SSSR count). The number of carbonyl (C=O) groups excluding carboxylic acids is 2. The molecule has 1 aliphatic heterocycles. The fourth-order valence-corrected chi connectivity index (χ4v) is 3.61. The monoisotopic (exact) mass is 453 g/mol. The molecule has 3 aromatic rings. The van der Waals surface area contributed by atoms with Crippen LogP contribution in [0.4, 0.5) is 5.95 Å². The zero-order chi connectivity index (χ0) is 20.5. The Labute approximate surface area is 174 Å². The lowest BCUT2D eigenvalue weighted by Crippen LogP contribution is -2.41. The van der Waals surface area contributed by atoms with E-state index in [2.05, 4.69) is 36.4 Å². The van der Waals surface area contributed by atoms with Crippen LogP contribution >= 0.6 is 15.9 Å². The average Bonchev–Trinajstić information content (AvgIpc) is 3.21. The van der Waals surface area contributed by atoms with E-state index in [1.54, 1.807) is 12.1 Å². The van der Waals surface area contributed by atoms with Crippen LogP contribution in [-0.4, -0.2) is 44.8 Å². The van der Waals surface area contributed by atoms with Gasteiger partial charge in [0.15, 0.2) is 5.78 Å². The summed E-state index contributed by atoms with van der Waals surface area (Å²) in [5.74, 6) is -1.75. The average molecular weight is 454 g/mol. The Bertz CT molecular complexity index is 1110. The van der Waals surface area contributed by atoms with E-state index in [9.17, 15) is 9.59 Å². The molecule has 0 spiro atoms. The van der Waals surface area contributed by atoms with Crippen molar-refractivity contribution in [2.75, 3.05) is 7.11 Å². The van der Waals surface area contributed by atoms with E-state index >= 15 is 0 Å².